The highest BCUT2D eigenvalue weighted by Gasteiger charge is 2.17. The summed E-state index contributed by atoms with van der Waals surface area (Å²) in [6, 6.07) is 27.5. The molecule has 7 aromatic carbocycles. The van der Waals surface area contributed by atoms with Crippen LogP contribution in [0.1, 0.15) is 11.0 Å². The molecule has 1 nitrogen and oxygen atoms in total. The number of hydrogen-bond donors (Lipinski definition) is 0. The van der Waals surface area contributed by atoms with E-state index < -0.39 is 24.2 Å². The van der Waals surface area contributed by atoms with Crippen molar-refractivity contribution in [3.05, 3.63) is 145 Å². The Labute approximate surface area is 237 Å². The molecule has 0 saturated carbocycles. The smallest absolute Gasteiger partial charge is 0.135 e. The van der Waals surface area contributed by atoms with Crippen molar-refractivity contribution in [2.45, 2.75) is 0 Å². The molecule has 8 rings (SSSR count). The van der Waals surface area contributed by atoms with Crippen LogP contribution in [-0.4, -0.2) is 0 Å². The SMILES string of the molecule is [2H]c1c([2H])c([2H])c2c(-c3ccc4oc5ccc(-c6ccccc6)cc5c4c3)c3c([2H])c([2H])c([2H])c([2H])c3c(-c3ccccc3)c2c1[2H]. The number of rotatable bonds is 3. The lowest BCUT2D eigenvalue weighted by Crippen LogP contribution is -1.90. The molecule has 1 heterocycles. The Morgan fingerprint density at radius 2 is 0.821 bits per heavy atom. The van der Waals surface area contributed by atoms with E-state index in [1.165, 1.54) is 0 Å². The normalized spacial score (nSPS) is 14.5. The fourth-order valence-corrected chi connectivity index (χ4v) is 5.55. The van der Waals surface area contributed by atoms with Gasteiger partial charge in [-0.25, -0.2) is 0 Å². The molecule has 0 bridgehead atoms. The maximum atomic E-state index is 9.16. The molecular weight excluding hydrogens is 472 g/mol. The molecule has 0 unspecified atom stereocenters. The van der Waals surface area contributed by atoms with Crippen molar-refractivity contribution in [1.82, 2.24) is 0 Å². The van der Waals surface area contributed by atoms with Gasteiger partial charge in [-0.05, 0) is 79.2 Å². The zero-order valence-electron chi connectivity index (χ0n) is 28.6. The molecule has 0 saturated heterocycles. The van der Waals surface area contributed by atoms with Crippen LogP contribution in [0.15, 0.2) is 150 Å². The third-order valence-corrected chi connectivity index (χ3v) is 7.30. The van der Waals surface area contributed by atoms with Gasteiger partial charge in [-0.2, -0.15) is 0 Å². The lowest BCUT2D eigenvalue weighted by molar-refractivity contribution is 0.669. The fourth-order valence-electron chi connectivity index (χ4n) is 5.55. The van der Waals surface area contributed by atoms with Gasteiger partial charge in [0.05, 0.1) is 11.0 Å². The summed E-state index contributed by atoms with van der Waals surface area (Å²) in [5, 5.41) is 2.37. The van der Waals surface area contributed by atoms with Crippen molar-refractivity contribution >= 4 is 43.5 Å². The highest BCUT2D eigenvalue weighted by molar-refractivity contribution is 6.22. The van der Waals surface area contributed by atoms with Gasteiger partial charge in [-0.1, -0.05) is 121 Å². The van der Waals surface area contributed by atoms with Crippen LogP contribution in [-0.2, 0) is 0 Å². The van der Waals surface area contributed by atoms with Crippen molar-refractivity contribution < 1.29 is 15.4 Å². The zero-order chi connectivity index (χ0) is 32.7. The van der Waals surface area contributed by atoms with Crippen LogP contribution in [0, 0.1) is 0 Å². The average Bonchev–Trinajstić information content (AvgIpc) is 3.48. The molecule has 0 atom stereocenters. The van der Waals surface area contributed by atoms with Crippen LogP contribution < -0.4 is 0 Å². The van der Waals surface area contributed by atoms with E-state index in [1.807, 2.05) is 60.7 Å². The molecule has 0 aliphatic heterocycles. The minimum atomic E-state index is -0.426. The second kappa shape index (κ2) is 8.72. The van der Waals surface area contributed by atoms with Crippen molar-refractivity contribution in [1.29, 1.82) is 0 Å². The first-order valence-electron chi connectivity index (χ1n) is 16.7. The van der Waals surface area contributed by atoms with Crippen LogP contribution >= 0.6 is 0 Å². The lowest BCUT2D eigenvalue weighted by Gasteiger charge is -2.17. The van der Waals surface area contributed by atoms with Gasteiger partial charge in [-0.3, -0.25) is 0 Å². The summed E-state index contributed by atoms with van der Waals surface area (Å²) in [7, 11) is 0. The summed E-state index contributed by atoms with van der Waals surface area (Å²) < 4.78 is 77.2. The van der Waals surface area contributed by atoms with E-state index >= 15 is 0 Å². The third-order valence-electron chi connectivity index (χ3n) is 7.30. The molecule has 0 fully saturated rings. The molecule has 0 spiro atoms. The fraction of sp³-hybridized carbons (Fsp3) is 0. The summed E-state index contributed by atoms with van der Waals surface area (Å²) in [4.78, 5) is 0. The van der Waals surface area contributed by atoms with E-state index in [0.29, 0.717) is 33.4 Å². The van der Waals surface area contributed by atoms with Crippen LogP contribution in [0.4, 0.5) is 0 Å². The van der Waals surface area contributed by atoms with E-state index in [0.717, 1.165) is 21.9 Å². The monoisotopic (exact) mass is 504 g/mol. The Hall–Kier alpha value is -5.14. The molecule has 182 valence electrons. The molecule has 0 aliphatic carbocycles. The zero-order valence-corrected chi connectivity index (χ0v) is 20.6. The highest BCUT2D eigenvalue weighted by Crippen LogP contribution is 2.44. The molecule has 1 aromatic heterocycles. The predicted octanol–water partition coefficient (Wildman–Crippen LogP) is 10.9. The number of hydrogen-bond acceptors (Lipinski definition) is 1. The van der Waals surface area contributed by atoms with Crippen LogP contribution in [0.25, 0.3) is 76.9 Å². The number of benzene rings is 7. The standard InChI is InChI=1S/C38H24O/c1-3-11-25(12-4-1)27-19-21-35-33(23-27)34-24-28(20-22-36(34)39-35)38-31-17-9-7-15-29(31)37(26-13-5-2-6-14-26)30-16-8-10-18-32(30)38/h1-24H/i7D,8D,9D,10D,15D,16D,17D,18D. The molecule has 0 amide bonds. The summed E-state index contributed by atoms with van der Waals surface area (Å²) >= 11 is 0. The third kappa shape index (κ3) is 3.48. The lowest BCUT2D eigenvalue weighted by atomic mass is 9.86. The first kappa shape index (κ1) is 15.3. The minimum Gasteiger partial charge on any atom is -0.456 e. The van der Waals surface area contributed by atoms with E-state index in [9.17, 15) is 0 Å². The van der Waals surface area contributed by atoms with Crippen LogP contribution in [0.3, 0.4) is 0 Å². The molecule has 0 aliphatic rings. The largest absolute Gasteiger partial charge is 0.456 e. The van der Waals surface area contributed by atoms with Gasteiger partial charge >= 0.3 is 0 Å². The van der Waals surface area contributed by atoms with Crippen molar-refractivity contribution in [3.8, 4) is 33.4 Å². The first-order valence-corrected chi connectivity index (χ1v) is 12.7. The van der Waals surface area contributed by atoms with E-state index in [1.54, 1.807) is 36.4 Å². The van der Waals surface area contributed by atoms with E-state index in [4.69, 9.17) is 15.4 Å². The second-order valence-corrected chi connectivity index (χ2v) is 9.51. The molecule has 0 radical (unpaired) electrons. The Balaban J connectivity index is 1.58. The van der Waals surface area contributed by atoms with Gasteiger partial charge in [0, 0.05) is 10.8 Å². The Kier molecular flexibility index (Phi) is 3.42. The predicted molar refractivity (Wildman–Crippen MR) is 165 cm³/mol. The van der Waals surface area contributed by atoms with Crippen molar-refractivity contribution in [2.24, 2.45) is 0 Å². The highest BCUT2D eigenvalue weighted by atomic mass is 16.3. The van der Waals surface area contributed by atoms with E-state index in [-0.39, 0.29) is 45.7 Å². The summed E-state index contributed by atoms with van der Waals surface area (Å²) in [5.74, 6) is 0. The molecule has 0 N–H and O–H groups in total. The number of fused-ring (bicyclic) bond motifs is 5. The minimum absolute atomic E-state index is 0.185. The van der Waals surface area contributed by atoms with Gasteiger partial charge in [0.25, 0.3) is 0 Å². The topological polar surface area (TPSA) is 13.1 Å². The molecule has 8 aromatic rings. The van der Waals surface area contributed by atoms with Crippen molar-refractivity contribution in [2.75, 3.05) is 0 Å². The number of furan rings is 1. The van der Waals surface area contributed by atoms with Gasteiger partial charge < -0.3 is 4.42 Å². The van der Waals surface area contributed by atoms with Gasteiger partial charge in [0.15, 0.2) is 0 Å². The maximum Gasteiger partial charge on any atom is 0.135 e. The quantitative estimate of drug-likeness (QED) is 0.218. The Morgan fingerprint density at radius 3 is 1.36 bits per heavy atom. The first-order chi connectivity index (χ1) is 22.7. The Bertz CT molecular complexity index is 2510. The summed E-state index contributed by atoms with van der Waals surface area (Å²) in [6.45, 7) is 0. The van der Waals surface area contributed by atoms with E-state index in [2.05, 4.69) is 0 Å². The summed E-state index contributed by atoms with van der Waals surface area (Å²) in [5.41, 5.74) is 5.09. The van der Waals surface area contributed by atoms with Crippen LogP contribution in [0.5, 0.6) is 0 Å². The van der Waals surface area contributed by atoms with Gasteiger partial charge in [-0.15, -0.1) is 0 Å². The summed E-state index contributed by atoms with van der Waals surface area (Å²) in [6.07, 6.45) is 0. The van der Waals surface area contributed by atoms with Crippen molar-refractivity contribution in [3.63, 3.8) is 0 Å². The van der Waals surface area contributed by atoms with Crippen LogP contribution in [0.2, 0.25) is 0 Å². The Morgan fingerprint density at radius 1 is 0.385 bits per heavy atom. The van der Waals surface area contributed by atoms with Gasteiger partial charge in [0.2, 0.25) is 0 Å². The molecule has 1 heteroatoms. The molecular formula is C38H24O. The average molecular weight is 505 g/mol. The van der Waals surface area contributed by atoms with Gasteiger partial charge in [0.1, 0.15) is 11.2 Å². The second-order valence-electron chi connectivity index (χ2n) is 9.51. The molecule has 39 heavy (non-hydrogen) atoms. The maximum absolute atomic E-state index is 9.16.